The first-order valence-electron chi connectivity index (χ1n) is 8.23. The van der Waals surface area contributed by atoms with Gasteiger partial charge in [0.05, 0.1) is 32.5 Å². The van der Waals surface area contributed by atoms with E-state index in [0.29, 0.717) is 28.4 Å². The molecule has 0 fully saturated rings. The van der Waals surface area contributed by atoms with Gasteiger partial charge in [-0.2, -0.15) is 0 Å². The lowest BCUT2D eigenvalue weighted by molar-refractivity contribution is -0.132. The first kappa shape index (κ1) is 20.6. The highest BCUT2D eigenvalue weighted by molar-refractivity contribution is 6.13. The molecule has 0 saturated heterocycles. The van der Waals surface area contributed by atoms with Crippen molar-refractivity contribution in [2.75, 3.05) is 21.3 Å². The van der Waals surface area contributed by atoms with Gasteiger partial charge in [0.1, 0.15) is 0 Å². The molecule has 0 atom stereocenters. The van der Waals surface area contributed by atoms with Gasteiger partial charge >= 0.3 is 5.97 Å². The maximum absolute atomic E-state index is 12.0. The van der Waals surface area contributed by atoms with Crippen LogP contribution in [0.1, 0.15) is 11.1 Å². The van der Waals surface area contributed by atoms with Crippen LogP contribution in [0.25, 0.3) is 12.2 Å². The lowest BCUT2D eigenvalue weighted by Gasteiger charge is -2.13. The number of aliphatic carboxylic acids is 1. The molecule has 0 aliphatic heterocycles. The highest BCUT2D eigenvalue weighted by atomic mass is 16.5. The molecule has 0 spiro atoms. The van der Waals surface area contributed by atoms with Crippen LogP contribution in [0.5, 0.6) is 17.2 Å². The maximum Gasteiger partial charge on any atom is 0.336 e. The van der Waals surface area contributed by atoms with Crippen molar-refractivity contribution in [3.63, 3.8) is 0 Å². The van der Waals surface area contributed by atoms with E-state index in [0.717, 1.165) is 0 Å². The quantitative estimate of drug-likeness (QED) is 0.536. The summed E-state index contributed by atoms with van der Waals surface area (Å²) in [5.41, 5.74) is 6.15. The van der Waals surface area contributed by atoms with Gasteiger partial charge in [-0.25, -0.2) is 4.79 Å². The predicted molar refractivity (Wildman–Crippen MR) is 105 cm³/mol. The van der Waals surface area contributed by atoms with Gasteiger partial charge in [0.25, 0.3) is 0 Å². The number of methoxy groups -OCH3 is 3. The van der Waals surface area contributed by atoms with Gasteiger partial charge in [0.15, 0.2) is 11.5 Å². The van der Waals surface area contributed by atoms with Crippen LogP contribution in [-0.2, 0) is 9.59 Å². The molecule has 3 N–H and O–H groups in total. The summed E-state index contributed by atoms with van der Waals surface area (Å²) in [5, 5.41) is 9.68. The average Bonchev–Trinajstić information content (AvgIpc) is 2.70. The summed E-state index contributed by atoms with van der Waals surface area (Å²) in [7, 11) is 4.37. The van der Waals surface area contributed by atoms with Gasteiger partial charge in [-0.15, -0.1) is 0 Å². The fourth-order valence-corrected chi connectivity index (χ4v) is 2.60. The van der Waals surface area contributed by atoms with Crippen molar-refractivity contribution in [3.8, 4) is 17.2 Å². The third-order valence-electron chi connectivity index (χ3n) is 3.89. The molecule has 0 saturated carbocycles. The number of rotatable bonds is 8. The SMILES string of the molecule is COc1cc(C=C(C(=O)O)C(=Cc2ccccc2)C(N)=O)cc(OC)c1OC. The van der Waals surface area contributed by atoms with Crippen LogP contribution in [-0.4, -0.2) is 38.3 Å². The smallest absolute Gasteiger partial charge is 0.336 e. The Labute approximate surface area is 162 Å². The van der Waals surface area contributed by atoms with Crippen molar-refractivity contribution in [1.82, 2.24) is 0 Å². The van der Waals surface area contributed by atoms with Crippen molar-refractivity contribution in [2.45, 2.75) is 0 Å². The van der Waals surface area contributed by atoms with Crippen LogP contribution >= 0.6 is 0 Å². The molecule has 7 nitrogen and oxygen atoms in total. The largest absolute Gasteiger partial charge is 0.493 e. The van der Waals surface area contributed by atoms with E-state index in [4.69, 9.17) is 19.9 Å². The Kier molecular flexibility index (Phi) is 6.81. The van der Waals surface area contributed by atoms with Gasteiger partial charge in [-0.3, -0.25) is 4.79 Å². The van der Waals surface area contributed by atoms with Gasteiger partial charge in [-0.05, 0) is 35.4 Å². The minimum Gasteiger partial charge on any atom is -0.493 e. The van der Waals surface area contributed by atoms with Crippen molar-refractivity contribution in [2.24, 2.45) is 5.73 Å². The van der Waals surface area contributed by atoms with E-state index < -0.39 is 11.9 Å². The fraction of sp³-hybridized carbons (Fsp3) is 0.143. The molecule has 7 heteroatoms. The number of hydrogen-bond acceptors (Lipinski definition) is 5. The second-order valence-electron chi connectivity index (χ2n) is 5.65. The first-order chi connectivity index (χ1) is 13.4. The lowest BCUT2D eigenvalue weighted by atomic mass is 9.99. The summed E-state index contributed by atoms with van der Waals surface area (Å²) < 4.78 is 15.8. The first-order valence-corrected chi connectivity index (χ1v) is 8.23. The minimum atomic E-state index is -1.30. The summed E-state index contributed by atoms with van der Waals surface area (Å²) >= 11 is 0. The highest BCUT2D eigenvalue weighted by Gasteiger charge is 2.20. The summed E-state index contributed by atoms with van der Waals surface area (Å²) in [6.07, 6.45) is 2.76. The number of carbonyl (C=O) groups excluding carboxylic acids is 1. The number of amides is 1. The molecule has 146 valence electrons. The summed E-state index contributed by atoms with van der Waals surface area (Å²) in [5.74, 6) is -1.08. The second-order valence-corrected chi connectivity index (χ2v) is 5.65. The van der Waals surface area contributed by atoms with Gasteiger partial charge < -0.3 is 25.1 Å². The molecule has 28 heavy (non-hydrogen) atoms. The van der Waals surface area contributed by atoms with Crippen molar-refractivity contribution in [3.05, 3.63) is 64.7 Å². The monoisotopic (exact) mass is 383 g/mol. The number of carboxylic acid groups (broad SMARTS) is 1. The topological polar surface area (TPSA) is 108 Å². The number of carbonyl (C=O) groups is 2. The fourth-order valence-electron chi connectivity index (χ4n) is 2.60. The molecule has 0 radical (unpaired) electrons. The zero-order valence-electron chi connectivity index (χ0n) is 15.8. The minimum absolute atomic E-state index is 0.132. The normalized spacial score (nSPS) is 11.7. The molecule has 0 bridgehead atoms. The van der Waals surface area contributed by atoms with Gasteiger partial charge in [0, 0.05) is 0 Å². The number of nitrogens with two attached hydrogens (primary N) is 1. The van der Waals surface area contributed by atoms with Gasteiger partial charge in [0.2, 0.25) is 11.7 Å². The Morgan fingerprint density at radius 2 is 1.39 bits per heavy atom. The molecular weight excluding hydrogens is 362 g/mol. The maximum atomic E-state index is 12.0. The molecule has 2 rings (SSSR count). The van der Waals surface area contributed by atoms with E-state index in [2.05, 4.69) is 0 Å². The third-order valence-corrected chi connectivity index (χ3v) is 3.89. The van der Waals surface area contributed by atoms with E-state index in [1.54, 1.807) is 36.4 Å². The Hall–Kier alpha value is -3.74. The van der Waals surface area contributed by atoms with E-state index in [-0.39, 0.29) is 11.1 Å². The molecule has 0 aliphatic carbocycles. The Morgan fingerprint density at radius 1 is 0.857 bits per heavy atom. The van der Waals surface area contributed by atoms with Crippen molar-refractivity contribution < 1.29 is 28.9 Å². The summed E-state index contributed by atoms with van der Waals surface area (Å²) in [6, 6.07) is 12.0. The number of primary amides is 1. The van der Waals surface area contributed by atoms with Crippen LogP contribution < -0.4 is 19.9 Å². The standard InChI is InChI=1S/C21H21NO6/c1-26-17-11-14(12-18(27-2)19(17)28-3)10-16(21(24)25)15(20(22)23)9-13-7-5-4-6-8-13/h4-12H,1-3H3,(H2,22,23)(H,24,25). The molecule has 0 aromatic heterocycles. The summed E-state index contributed by atoms with van der Waals surface area (Å²) in [4.78, 5) is 23.8. The molecular formula is C21H21NO6. The van der Waals surface area contributed by atoms with Crippen molar-refractivity contribution in [1.29, 1.82) is 0 Å². The number of ether oxygens (including phenoxy) is 3. The zero-order valence-corrected chi connectivity index (χ0v) is 15.8. The lowest BCUT2D eigenvalue weighted by Crippen LogP contribution is -2.19. The van der Waals surface area contributed by atoms with Crippen molar-refractivity contribution >= 4 is 24.0 Å². The van der Waals surface area contributed by atoms with E-state index in [1.807, 2.05) is 6.07 Å². The number of hydrogen-bond donors (Lipinski definition) is 2. The zero-order chi connectivity index (χ0) is 20.7. The van der Waals surface area contributed by atoms with E-state index in [1.165, 1.54) is 33.5 Å². The highest BCUT2D eigenvalue weighted by Crippen LogP contribution is 2.39. The van der Waals surface area contributed by atoms with Gasteiger partial charge in [-0.1, -0.05) is 30.3 Å². The third kappa shape index (κ3) is 4.70. The molecule has 1 amide bonds. The number of carboxylic acids is 1. The second kappa shape index (κ2) is 9.27. The summed E-state index contributed by atoms with van der Waals surface area (Å²) in [6.45, 7) is 0. The predicted octanol–water partition coefficient (Wildman–Crippen LogP) is 2.75. The average molecular weight is 383 g/mol. The van der Waals surface area contributed by atoms with E-state index >= 15 is 0 Å². The number of benzene rings is 2. The van der Waals surface area contributed by atoms with E-state index in [9.17, 15) is 14.7 Å². The van der Waals surface area contributed by atoms with Crippen LogP contribution in [0, 0.1) is 0 Å². The molecule has 0 heterocycles. The Balaban J connectivity index is 2.65. The molecule has 0 unspecified atom stereocenters. The molecule has 2 aromatic carbocycles. The van der Waals surface area contributed by atoms with Crippen LogP contribution in [0.15, 0.2) is 53.6 Å². The molecule has 0 aliphatic rings. The Bertz CT molecular complexity index is 906. The van der Waals surface area contributed by atoms with Crippen LogP contribution in [0.2, 0.25) is 0 Å². The van der Waals surface area contributed by atoms with Crippen LogP contribution in [0.4, 0.5) is 0 Å². The Morgan fingerprint density at radius 3 is 1.82 bits per heavy atom. The van der Waals surface area contributed by atoms with Crippen LogP contribution in [0.3, 0.4) is 0 Å². The molecule has 2 aromatic rings.